The molecule has 3 aromatic carbocycles. The molecule has 0 fully saturated rings. The number of para-hydroxylation sites is 3. The molecule has 2 N–H and O–H groups in total. The number of imidazole rings is 1. The largest absolute Gasteiger partial charge is 0.378 e. The van der Waals surface area contributed by atoms with Gasteiger partial charge in [-0.25, -0.2) is 4.98 Å². The molecule has 5 rings (SSSR count). The van der Waals surface area contributed by atoms with Gasteiger partial charge < -0.3 is 10.3 Å². The molecule has 0 saturated heterocycles. The molecular weight excluding hydrogens is 428 g/mol. The summed E-state index contributed by atoms with van der Waals surface area (Å²) in [5, 5.41) is 13.8. The van der Waals surface area contributed by atoms with Gasteiger partial charge in [0.25, 0.3) is 0 Å². The van der Waals surface area contributed by atoms with E-state index in [1.165, 1.54) is 0 Å². The Balaban J connectivity index is 1.39. The zero-order valence-corrected chi connectivity index (χ0v) is 18.1. The van der Waals surface area contributed by atoms with Crippen LogP contribution in [0.3, 0.4) is 0 Å². The van der Waals surface area contributed by atoms with Gasteiger partial charge in [-0.1, -0.05) is 53.7 Å². The molecule has 0 unspecified atom stereocenters. The molecule has 2 heterocycles. The van der Waals surface area contributed by atoms with E-state index in [1.54, 1.807) is 11.8 Å². The second-order valence-corrected chi connectivity index (χ2v) is 8.30. The molecule has 0 aliphatic heterocycles. The molecule has 6 nitrogen and oxygen atoms in total. The van der Waals surface area contributed by atoms with Crippen LogP contribution < -0.4 is 5.32 Å². The summed E-state index contributed by atoms with van der Waals surface area (Å²) in [5.74, 6) is 2.41. The smallest absolute Gasteiger partial charge is 0.196 e. The van der Waals surface area contributed by atoms with Gasteiger partial charge in [0.1, 0.15) is 5.82 Å². The first-order valence-electron chi connectivity index (χ1n) is 9.82. The monoisotopic (exact) mass is 446 g/mol. The van der Waals surface area contributed by atoms with Crippen molar-refractivity contribution in [1.82, 2.24) is 24.7 Å². The third-order valence-electron chi connectivity index (χ3n) is 4.79. The van der Waals surface area contributed by atoms with Crippen LogP contribution in [0.25, 0.3) is 16.7 Å². The van der Waals surface area contributed by atoms with Gasteiger partial charge >= 0.3 is 0 Å². The summed E-state index contributed by atoms with van der Waals surface area (Å²) in [6, 6.07) is 25.8. The van der Waals surface area contributed by atoms with Gasteiger partial charge in [-0.05, 0) is 48.5 Å². The first-order chi connectivity index (χ1) is 15.3. The van der Waals surface area contributed by atoms with Crippen LogP contribution >= 0.6 is 23.4 Å². The van der Waals surface area contributed by atoms with E-state index in [-0.39, 0.29) is 0 Å². The Kier molecular flexibility index (Phi) is 5.60. The van der Waals surface area contributed by atoms with Gasteiger partial charge in [-0.15, -0.1) is 10.2 Å². The number of thioether (sulfide) groups is 1. The van der Waals surface area contributed by atoms with E-state index in [0.29, 0.717) is 17.3 Å². The van der Waals surface area contributed by atoms with Crippen LogP contribution in [0, 0.1) is 0 Å². The highest BCUT2D eigenvalue weighted by Crippen LogP contribution is 2.26. The number of nitrogens with one attached hydrogen (secondary N) is 2. The minimum Gasteiger partial charge on any atom is -0.378 e. The summed E-state index contributed by atoms with van der Waals surface area (Å²) < 4.78 is 2.08. The van der Waals surface area contributed by atoms with E-state index in [1.807, 2.05) is 66.7 Å². The number of hydrogen-bond acceptors (Lipinski definition) is 5. The number of rotatable bonds is 7. The number of aromatic amines is 1. The third kappa shape index (κ3) is 4.42. The Labute approximate surface area is 188 Å². The number of nitrogens with zero attached hydrogens (tertiary/aromatic N) is 4. The molecule has 0 bridgehead atoms. The second-order valence-electron chi connectivity index (χ2n) is 6.92. The van der Waals surface area contributed by atoms with E-state index in [2.05, 4.69) is 42.2 Å². The molecule has 154 valence electrons. The Morgan fingerprint density at radius 3 is 2.48 bits per heavy atom. The lowest BCUT2D eigenvalue weighted by molar-refractivity contribution is 0.840. The standard InChI is InChI=1S/C23H19ClN6S/c24-16-10-12-17(13-11-16)25-14-22-28-29-23(30(22)18-6-2-1-3-7-18)31-15-21-26-19-8-4-5-9-20(19)27-21/h1-13,25H,14-15H2,(H,26,27). The van der Waals surface area contributed by atoms with Crippen LogP contribution in [0.2, 0.25) is 5.02 Å². The molecule has 0 aliphatic rings. The number of benzene rings is 3. The number of halogens is 1. The quantitative estimate of drug-likeness (QED) is 0.314. The normalized spacial score (nSPS) is 11.1. The van der Waals surface area contributed by atoms with Gasteiger partial charge in [0.2, 0.25) is 0 Å². The molecule has 0 aliphatic carbocycles. The second kappa shape index (κ2) is 8.83. The summed E-state index contributed by atoms with van der Waals surface area (Å²) in [4.78, 5) is 8.03. The van der Waals surface area contributed by atoms with Crippen LogP contribution in [0.1, 0.15) is 11.6 Å². The number of H-pyrrole nitrogens is 1. The van der Waals surface area contributed by atoms with E-state index in [0.717, 1.165) is 39.2 Å². The van der Waals surface area contributed by atoms with Crippen molar-refractivity contribution in [2.75, 3.05) is 5.32 Å². The Bertz CT molecular complexity index is 1260. The summed E-state index contributed by atoms with van der Waals surface area (Å²) in [7, 11) is 0. The van der Waals surface area contributed by atoms with E-state index in [4.69, 9.17) is 11.6 Å². The van der Waals surface area contributed by atoms with Crippen LogP contribution in [0.4, 0.5) is 5.69 Å². The maximum atomic E-state index is 5.98. The first-order valence-corrected chi connectivity index (χ1v) is 11.2. The summed E-state index contributed by atoms with van der Waals surface area (Å²) in [6.45, 7) is 0.536. The fourth-order valence-corrected chi connectivity index (χ4v) is 4.27. The molecule has 0 amide bonds. The fraction of sp³-hybridized carbons (Fsp3) is 0.0870. The predicted octanol–water partition coefficient (Wildman–Crippen LogP) is 5.70. The number of aromatic nitrogens is 5. The average molecular weight is 447 g/mol. The molecule has 31 heavy (non-hydrogen) atoms. The Hall–Kier alpha value is -3.29. The highest BCUT2D eigenvalue weighted by Gasteiger charge is 2.15. The number of fused-ring (bicyclic) bond motifs is 1. The van der Waals surface area contributed by atoms with Gasteiger partial charge in [0.05, 0.1) is 23.3 Å². The molecule has 0 radical (unpaired) electrons. The highest BCUT2D eigenvalue weighted by molar-refractivity contribution is 7.98. The average Bonchev–Trinajstić information content (AvgIpc) is 3.41. The molecule has 8 heteroatoms. The Morgan fingerprint density at radius 2 is 1.68 bits per heavy atom. The van der Waals surface area contributed by atoms with Crippen molar-refractivity contribution < 1.29 is 0 Å². The van der Waals surface area contributed by atoms with Crippen molar-refractivity contribution in [2.24, 2.45) is 0 Å². The van der Waals surface area contributed by atoms with Crippen molar-refractivity contribution >= 4 is 40.1 Å². The van der Waals surface area contributed by atoms with E-state index >= 15 is 0 Å². The van der Waals surface area contributed by atoms with Crippen molar-refractivity contribution in [3.8, 4) is 5.69 Å². The lowest BCUT2D eigenvalue weighted by Gasteiger charge is -2.11. The maximum Gasteiger partial charge on any atom is 0.196 e. The van der Waals surface area contributed by atoms with Gasteiger partial charge in [-0.3, -0.25) is 4.57 Å². The van der Waals surface area contributed by atoms with Crippen molar-refractivity contribution in [3.63, 3.8) is 0 Å². The first kappa shape index (κ1) is 19.7. The molecule has 2 aromatic heterocycles. The van der Waals surface area contributed by atoms with Crippen LogP contribution in [0.5, 0.6) is 0 Å². The number of anilines is 1. The molecule has 0 saturated carbocycles. The molecule has 5 aromatic rings. The highest BCUT2D eigenvalue weighted by atomic mass is 35.5. The van der Waals surface area contributed by atoms with E-state index < -0.39 is 0 Å². The molecule has 0 atom stereocenters. The lowest BCUT2D eigenvalue weighted by Crippen LogP contribution is -2.08. The molecule has 0 spiro atoms. The minimum absolute atomic E-state index is 0.536. The Morgan fingerprint density at radius 1 is 0.903 bits per heavy atom. The van der Waals surface area contributed by atoms with Gasteiger partial charge in [0, 0.05) is 16.4 Å². The topological polar surface area (TPSA) is 71.4 Å². The predicted molar refractivity (Wildman–Crippen MR) is 126 cm³/mol. The van der Waals surface area contributed by atoms with Gasteiger partial charge in [-0.2, -0.15) is 0 Å². The van der Waals surface area contributed by atoms with E-state index in [9.17, 15) is 0 Å². The minimum atomic E-state index is 0.536. The van der Waals surface area contributed by atoms with Crippen molar-refractivity contribution in [2.45, 2.75) is 17.5 Å². The maximum absolute atomic E-state index is 5.98. The SMILES string of the molecule is Clc1ccc(NCc2nnc(SCc3nc4ccccc4[nH]3)n2-c2ccccc2)cc1. The fourth-order valence-electron chi connectivity index (χ4n) is 3.30. The van der Waals surface area contributed by atoms with Crippen molar-refractivity contribution in [1.29, 1.82) is 0 Å². The van der Waals surface area contributed by atoms with Crippen molar-refractivity contribution in [3.05, 3.63) is 95.5 Å². The molecular formula is C23H19ClN6S. The lowest BCUT2D eigenvalue weighted by atomic mass is 10.3. The van der Waals surface area contributed by atoms with Crippen LogP contribution in [-0.2, 0) is 12.3 Å². The summed E-state index contributed by atoms with van der Waals surface area (Å²) >= 11 is 7.59. The zero-order valence-electron chi connectivity index (χ0n) is 16.5. The zero-order chi connectivity index (χ0) is 21.0. The third-order valence-corrected chi connectivity index (χ3v) is 5.98. The van der Waals surface area contributed by atoms with Crippen LogP contribution in [-0.4, -0.2) is 24.7 Å². The van der Waals surface area contributed by atoms with Gasteiger partial charge in [0.15, 0.2) is 11.0 Å². The van der Waals surface area contributed by atoms with Crippen LogP contribution in [0.15, 0.2) is 84.0 Å². The summed E-state index contributed by atoms with van der Waals surface area (Å²) in [5.41, 5.74) is 4.00. The number of hydrogen-bond donors (Lipinski definition) is 2. The summed E-state index contributed by atoms with van der Waals surface area (Å²) in [6.07, 6.45) is 0.